The molecule has 0 aliphatic heterocycles. The number of quaternary nitrogens is 1. The van der Waals surface area contributed by atoms with Crippen LogP contribution < -0.4 is 5.32 Å². The van der Waals surface area contributed by atoms with Crippen LogP contribution in [0.1, 0.15) is 278 Å². The Kier molecular flexibility index (Phi) is 48.5. The minimum atomic E-state index is -4.44. The van der Waals surface area contributed by atoms with E-state index in [9.17, 15) is 19.0 Å². The Morgan fingerprint density at radius 2 is 0.841 bits per heavy atom. The summed E-state index contributed by atoms with van der Waals surface area (Å²) in [6, 6.07) is -0.848. The molecule has 0 aromatic heterocycles. The number of allylic oxidation sites excluding steroid dienone is 5. The van der Waals surface area contributed by atoms with E-state index in [0.29, 0.717) is 17.4 Å². The second-order valence-corrected chi connectivity index (χ2v) is 22.6. The van der Waals surface area contributed by atoms with Crippen molar-refractivity contribution in [3.05, 3.63) is 36.5 Å². The van der Waals surface area contributed by atoms with E-state index >= 15 is 0 Å². The highest BCUT2D eigenvalue weighted by Crippen LogP contribution is 2.43. The van der Waals surface area contributed by atoms with Crippen LogP contribution >= 0.6 is 7.82 Å². The topological polar surface area (TPSA) is 111 Å². The Morgan fingerprint density at radius 1 is 0.493 bits per heavy atom. The van der Waals surface area contributed by atoms with Crippen molar-refractivity contribution in [1.82, 2.24) is 5.32 Å². The number of hydrogen-bond donors (Lipinski definition) is 2. The highest BCUT2D eigenvalue weighted by molar-refractivity contribution is 7.47. The molecule has 3 unspecified atom stereocenters. The van der Waals surface area contributed by atoms with E-state index in [0.717, 1.165) is 70.6 Å². The van der Waals surface area contributed by atoms with Gasteiger partial charge in [-0.05, 0) is 83.1 Å². The van der Waals surface area contributed by atoms with Gasteiger partial charge in [0, 0.05) is 12.8 Å². The van der Waals surface area contributed by atoms with Crippen LogP contribution in [0.4, 0.5) is 0 Å². The van der Waals surface area contributed by atoms with Gasteiger partial charge in [-0.25, -0.2) is 4.57 Å². The van der Waals surface area contributed by atoms with Gasteiger partial charge in [-0.15, -0.1) is 0 Å². The van der Waals surface area contributed by atoms with Gasteiger partial charge in [-0.3, -0.25) is 18.6 Å². The van der Waals surface area contributed by atoms with Gasteiger partial charge in [0.15, 0.2) is 0 Å². The molecule has 0 heterocycles. The number of carbonyl (C=O) groups is 2. The van der Waals surface area contributed by atoms with E-state index in [1.54, 1.807) is 0 Å². The summed E-state index contributed by atoms with van der Waals surface area (Å²) in [5, 5.41) is 3.05. The second kappa shape index (κ2) is 49.8. The Balaban J connectivity index is 5.36. The number of unbranched alkanes of at least 4 members (excludes halogenated alkanes) is 33. The number of ether oxygens (including phenoxy) is 1. The molecule has 3 atom stereocenters. The average Bonchev–Trinajstić information content (AvgIpc) is 3.31. The molecule has 2 N–H and O–H groups in total. The smallest absolute Gasteiger partial charge is 0.456 e. The lowest BCUT2D eigenvalue weighted by Gasteiger charge is -2.27. The van der Waals surface area contributed by atoms with Crippen molar-refractivity contribution < 1.29 is 37.3 Å². The molecular weight excluding hydrogens is 880 g/mol. The van der Waals surface area contributed by atoms with Gasteiger partial charge < -0.3 is 19.4 Å². The van der Waals surface area contributed by atoms with Crippen LogP contribution in [-0.4, -0.2) is 74.3 Å². The van der Waals surface area contributed by atoms with Crippen LogP contribution in [0.25, 0.3) is 0 Å². The fourth-order valence-corrected chi connectivity index (χ4v) is 9.19. The molecule has 0 saturated heterocycles. The molecule has 0 aliphatic carbocycles. The number of amides is 1. The third-order valence-corrected chi connectivity index (χ3v) is 14.0. The third kappa shape index (κ3) is 51.0. The molecular formula is C59H114N2O7P+. The Hall–Kier alpha value is -1.77. The first kappa shape index (κ1) is 67.2. The quantitative estimate of drug-likeness (QED) is 0.0205. The first-order chi connectivity index (χ1) is 33.4. The lowest BCUT2D eigenvalue weighted by Crippen LogP contribution is -2.47. The van der Waals surface area contributed by atoms with Crippen LogP contribution in [0.5, 0.6) is 0 Å². The SMILES string of the molecule is CCCCCC/C=C\CCCCCCCCCC(=O)NC(COP(=O)(O)OCC[N+](C)(C)C)C(/C=C/CCCCCCCCCCCCC)OC(=O)CCCCCCCCC/C=C\CCCCCC. The van der Waals surface area contributed by atoms with E-state index in [-0.39, 0.29) is 31.5 Å². The summed E-state index contributed by atoms with van der Waals surface area (Å²) in [7, 11) is 1.50. The first-order valence-corrected chi connectivity index (χ1v) is 30.8. The molecule has 0 aromatic rings. The van der Waals surface area contributed by atoms with Crippen molar-refractivity contribution in [3.63, 3.8) is 0 Å². The van der Waals surface area contributed by atoms with Gasteiger partial charge in [0.25, 0.3) is 0 Å². The van der Waals surface area contributed by atoms with E-state index < -0.39 is 20.0 Å². The predicted molar refractivity (Wildman–Crippen MR) is 296 cm³/mol. The van der Waals surface area contributed by atoms with Gasteiger partial charge >= 0.3 is 13.8 Å². The van der Waals surface area contributed by atoms with Crippen LogP contribution in [0.3, 0.4) is 0 Å². The second-order valence-electron chi connectivity index (χ2n) is 21.2. The molecule has 1 amide bonds. The average molecular weight is 995 g/mol. The maximum absolute atomic E-state index is 13.5. The summed E-state index contributed by atoms with van der Waals surface area (Å²) in [4.78, 5) is 37.6. The lowest BCUT2D eigenvalue weighted by molar-refractivity contribution is -0.870. The number of phosphoric ester groups is 1. The van der Waals surface area contributed by atoms with Gasteiger partial charge in [0.1, 0.15) is 19.3 Å². The van der Waals surface area contributed by atoms with Gasteiger partial charge in [-0.2, -0.15) is 0 Å². The first-order valence-electron chi connectivity index (χ1n) is 29.3. The monoisotopic (exact) mass is 994 g/mol. The Morgan fingerprint density at radius 3 is 1.25 bits per heavy atom. The van der Waals surface area contributed by atoms with E-state index in [1.807, 2.05) is 33.3 Å². The predicted octanol–water partition coefficient (Wildman–Crippen LogP) is 17.6. The molecule has 0 bridgehead atoms. The molecule has 69 heavy (non-hydrogen) atoms. The summed E-state index contributed by atoms with van der Waals surface area (Å²) >= 11 is 0. The largest absolute Gasteiger partial charge is 0.472 e. The molecule has 406 valence electrons. The van der Waals surface area contributed by atoms with E-state index in [1.165, 1.54) is 173 Å². The summed E-state index contributed by atoms with van der Waals surface area (Å²) < 4.78 is 30.6. The number of nitrogens with one attached hydrogen (secondary N) is 1. The number of hydrogen-bond acceptors (Lipinski definition) is 6. The number of nitrogens with zero attached hydrogens (tertiary/aromatic N) is 1. The maximum atomic E-state index is 13.5. The standard InChI is InChI=1S/C59H113N2O7P/c1-7-10-13-16-19-22-25-28-30-33-36-39-42-45-48-51-58(62)60-56(55-67-69(64,65)66-54-53-61(4,5)6)57(50-47-44-41-38-35-32-27-24-21-18-15-12-9-3)68-59(63)52-49-46-43-40-37-34-31-29-26-23-20-17-14-11-8-2/h22-23,25-26,47,50,56-57H,7-21,24,27-46,48-49,51-55H2,1-6H3,(H-,60,62,64,65)/p+1/b25-22-,26-23-,50-47+. The number of phosphoric acid groups is 1. The molecule has 0 fully saturated rings. The zero-order valence-electron chi connectivity index (χ0n) is 46.3. The molecule has 0 saturated carbocycles. The van der Waals surface area contributed by atoms with E-state index in [2.05, 4.69) is 50.4 Å². The van der Waals surface area contributed by atoms with Crippen LogP contribution in [0, 0.1) is 0 Å². The number of esters is 1. The van der Waals surface area contributed by atoms with Crippen molar-refractivity contribution in [2.75, 3.05) is 40.9 Å². The van der Waals surface area contributed by atoms with Crippen LogP contribution in [-0.2, 0) is 27.9 Å². The summed E-state index contributed by atoms with van der Waals surface area (Å²) in [6.45, 7) is 7.00. The number of rotatable bonds is 53. The maximum Gasteiger partial charge on any atom is 0.472 e. The fraction of sp³-hybridized carbons (Fsp3) is 0.864. The minimum Gasteiger partial charge on any atom is -0.456 e. The van der Waals surface area contributed by atoms with Crippen LogP contribution in [0.15, 0.2) is 36.5 Å². The minimum absolute atomic E-state index is 0.0401. The zero-order chi connectivity index (χ0) is 50.8. The molecule has 0 spiro atoms. The Labute approximate surface area is 427 Å². The van der Waals surface area contributed by atoms with Gasteiger partial charge in [0.2, 0.25) is 5.91 Å². The lowest BCUT2D eigenvalue weighted by atomic mass is 10.0. The molecule has 10 heteroatoms. The number of carbonyl (C=O) groups excluding carboxylic acids is 2. The number of likely N-dealkylation sites (N-methyl/N-ethyl adjacent to an activating group) is 1. The fourth-order valence-electron chi connectivity index (χ4n) is 8.46. The summed E-state index contributed by atoms with van der Waals surface area (Å²) in [6.07, 6.45) is 58.4. The molecule has 0 rings (SSSR count). The molecule has 0 aromatic carbocycles. The molecule has 9 nitrogen and oxygen atoms in total. The third-order valence-electron chi connectivity index (χ3n) is 13.1. The molecule has 0 aliphatic rings. The van der Waals surface area contributed by atoms with E-state index in [4.69, 9.17) is 13.8 Å². The van der Waals surface area contributed by atoms with Crippen molar-refractivity contribution in [3.8, 4) is 0 Å². The van der Waals surface area contributed by atoms with Gasteiger partial charge in [0.05, 0.1) is 33.8 Å². The van der Waals surface area contributed by atoms with Gasteiger partial charge in [-0.1, -0.05) is 218 Å². The molecule has 0 radical (unpaired) electrons. The Bertz CT molecular complexity index is 1280. The van der Waals surface area contributed by atoms with Crippen molar-refractivity contribution in [1.29, 1.82) is 0 Å². The van der Waals surface area contributed by atoms with Crippen molar-refractivity contribution in [2.45, 2.75) is 290 Å². The van der Waals surface area contributed by atoms with Crippen LogP contribution in [0.2, 0.25) is 0 Å². The van der Waals surface area contributed by atoms with Crippen molar-refractivity contribution >= 4 is 19.7 Å². The highest BCUT2D eigenvalue weighted by atomic mass is 31.2. The normalized spacial score (nSPS) is 14.0. The summed E-state index contributed by atoms with van der Waals surface area (Å²) in [5.74, 6) is -0.507. The summed E-state index contributed by atoms with van der Waals surface area (Å²) in [5.41, 5.74) is 0. The zero-order valence-corrected chi connectivity index (χ0v) is 47.2. The highest BCUT2D eigenvalue weighted by Gasteiger charge is 2.30. The van der Waals surface area contributed by atoms with Crippen molar-refractivity contribution in [2.24, 2.45) is 0 Å².